The van der Waals surface area contributed by atoms with Gasteiger partial charge in [0.1, 0.15) is 24.9 Å². The molecule has 0 radical (unpaired) electrons. The van der Waals surface area contributed by atoms with Gasteiger partial charge in [0, 0.05) is 20.4 Å². The summed E-state index contributed by atoms with van der Waals surface area (Å²) in [7, 11) is 0. The van der Waals surface area contributed by atoms with Gasteiger partial charge in [-0.25, -0.2) is 0 Å². The van der Waals surface area contributed by atoms with E-state index < -0.39 is 24.1 Å². The molecular formula is C18H23NO6. The zero-order chi connectivity index (χ0) is 17.8. The van der Waals surface area contributed by atoms with Gasteiger partial charge in [-0.3, -0.25) is 14.4 Å². The summed E-state index contributed by atoms with van der Waals surface area (Å²) in [6, 6.07) is 9.79. The van der Waals surface area contributed by atoms with Gasteiger partial charge in [-0.05, 0) is 12.0 Å². The fraction of sp³-hybridized carbons (Fsp3) is 0.556. The third kappa shape index (κ3) is 4.56. The van der Waals surface area contributed by atoms with Crippen LogP contribution in [0, 0.1) is 0 Å². The van der Waals surface area contributed by atoms with E-state index in [2.05, 4.69) is 0 Å². The fourth-order valence-corrected chi connectivity index (χ4v) is 3.28. The molecule has 0 spiro atoms. The number of nitrogens with zero attached hydrogens (tertiary/aromatic N) is 1. The van der Waals surface area contributed by atoms with Crippen LogP contribution >= 0.6 is 0 Å². The second kappa shape index (κ2) is 7.95. The van der Waals surface area contributed by atoms with Crippen molar-refractivity contribution in [1.82, 2.24) is 5.06 Å². The van der Waals surface area contributed by atoms with Crippen LogP contribution in [-0.2, 0) is 35.2 Å². The van der Waals surface area contributed by atoms with Crippen molar-refractivity contribution in [2.45, 2.75) is 51.2 Å². The van der Waals surface area contributed by atoms with Crippen LogP contribution in [0.15, 0.2) is 30.3 Å². The first-order valence-corrected chi connectivity index (χ1v) is 8.42. The molecule has 1 aromatic rings. The Bertz CT molecular complexity index is 607. The van der Waals surface area contributed by atoms with Crippen molar-refractivity contribution in [3.63, 3.8) is 0 Å². The van der Waals surface area contributed by atoms with Gasteiger partial charge in [0.05, 0.1) is 12.6 Å². The van der Waals surface area contributed by atoms with E-state index in [0.29, 0.717) is 19.6 Å². The molecule has 136 valence electrons. The molecule has 7 nitrogen and oxygen atoms in total. The maximum atomic E-state index is 11.6. The monoisotopic (exact) mass is 349 g/mol. The van der Waals surface area contributed by atoms with E-state index in [0.717, 1.165) is 5.56 Å². The van der Waals surface area contributed by atoms with Crippen molar-refractivity contribution >= 4 is 11.9 Å². The Labute approximate surface area is 146 Å². The number of carbonyl (C=O) groups excluding carboxylic acids is 2. The standard InChI is InChI=1S/C18H23NO6/c1-12(20)22-11-17-18(24-13(2)21)16-8-15(10-23-17)25-19(16)9-14-6-4-3-5-7-14/h3-7,15-18H,8-11H2,1-2H3/t15-,16+,17-,18-/m0/s1. The van der Waals surface area contributed by atoms with Crippen molar-refractivity contribution in [3.05, 3.63) is 35.9 Å². The minimum absolute atomic E-state index is 0.0513. The van der Waals surface area contributed by atoms with E-state index in [4.69, 9.17) is 19.0 Å². The number of ether oxygens (including phenoxy) is 3. The van der Waals surface area contributed by atoms with Gasteiger partial charge in [-0.1, -0.05) is 30.3 Å². The lowest BCUT2D eigenvalue weighted by Gasteiger charge is -2.34. The molecule has 0 amide bonds. The molecule has 25 heavy (non-hydrogen) atoms. The van der Waals surface area contributed by atoms with Gasteiger partial charge in [0.2, 0.25) is 0 Å². The average Bonchev–Trinajstić information content (AvgIpc) is 2.87. The van der Waals surface area contributed by atoms with Crippen LogP contribution in [0.25, 0.3) is 0 Å². The maximum absolute atomic E-state index is 11.6. The third-order valence-corrected chi connectivity index (χ3v) is 4.33. The van der Waals surface area contributed by atoms with Crippen LogP contribution in [0.4, 0.5) is 0 Å². The number of hydrogen-bond donors (Lipinski definition) is 0. The van der Waals surface area contributed by atoms with Crippen LogP contribution in [0.1, 0.15) is 25.8 Å². The normalized spacial score (nSPS) is 29.0. The highest BCUT2D eigenvalue weighted by Crippen LogP contribution is 2.32. The summed E-state index contributed by atoms with van der Waals surface area (Å²) in [5, 5.41) is 1.86. The molecule has 4 atom stereocenters. The van der Waals surface area contributed by atoms with E-state index in [1.807, 2.05) is 35.4 Å². The minimum Gasteiger partial charge on any atom is -0.463 e. The van der Waals surface area contributed by atoms with Crippen LogP contribution in [0.2, 0.25) is 0 Å². The van der Waals surface area contributed by atoms with Gasteiger partial charge < -0.3 is 14.2 Å². The van der Waals surface area contributed by atoms with Crippen molar-refractivity contribution < 1.29 is 28.6 Å². The van der Waals surface area contributed by atoms with E-state index >= 15 is 0 Å². The molecule has 0 saturated carbocycles. The number of rotatable bonds is 5. The second-order valence-corrected chi connectivity index (χ2v) is 6.34. The summed E-state index contributed by atoms with van der Waals surface area (Å²) in [4.78, 5) is 28.7. The van der Waals surface area contributed by atoms with Crippen LogP contribution in [0.3, 0.4) is 0 Å². The molecule has 7 heteroatoms. The second-order valence-electron chi connectivity index (χ2n) is 6.34. The number of esters is 2. The molecular weight excluding hydrogens is 326 g/mol. The van der Waals surface area contributed by atoms with Crippen LogP contribution in [0.5, 0.6) is 0 Å². The van der Waals surface area contributed by atoms with Crippen molar-refractivity contribution in [2.75, 3.05) is 13.2 Å². The number of hydroxylamine groups is 2. The van der Waals surface area contributed by atoms with Crippen LogP contribution in [-0.4, -0.2) is 54.6 Å². The molecule has 0 aliphatic carbocycles. The van der Waals surface area contributed by atoms with Crippen molar-refractivity contribution in [2.24, 2.45) is 0 Å². The SMILES string of the molecule is CC(=O)OC[C@@H]1OC[C@@H]2C[C@H]([C@@H]1OC(C)=O)N(Cc1ccccc1)O2. The van der Waals surface area contributed by atoms with E-state index in [9.17, 15) is 9.59 Å². The highest BCUT2D eigenvalue weighted by atomic mass is 16.7. The number of hydrogen-bond acceptors (Lipinski definition) is 7. The molecule has 2 fully saturated rings. The molecule has 3 rings (SSSR count). The van der Waals surface area contributed by atoms with Gasteiger partial charge >= 0.3 is 11.9 Å². The van der Waals surface area contributed by atoms with E-state index in [1.165, 1.54) is 13.8 Å². The number of benzene rings is 1. The Balaban J connectivity index is 1.77. The molecule has 2 heterocycles. The zero-order valence-electron chi connectivity index (χ0n) is 14.4. The smallest absolute Gasteiger partial charge is 0.303 e. The fourth-order valence-electron chi connectivity index (χ4n) is 3.28. The summed E-state index contributed by atoms with van der Waals surface area (Å²) in [5.41, 5.74) is 1.10. The highest BCUT2D eigenvalue weighted by molar-refractivity contribution is 5.66. The van der Waals surface area contributed by atoms with E-state index in [-0.39, 0.29) is 18.8 Å². The largest absolute Gasteiger partial charge is 0.463 e. The van der Waals surface area contributed by atoms with Crippen molar-refractivity contribution in [3.8, 4) is 0 Å². The molecule has 2 bridgehead atoms. The maximum Gasteiger partial charge on any atom is 0.303 e. The molecule has 0 aromatic heterocycles. The lowest BCUT2D eigenvalue weighted by atomic mass is 10.0. The first-order valence-electron chi connectivity index (χ1n) is 8.42. The molecule has 2 saturated heterocycles. The topological polar surface area (TPSA) is 74.3 Å². The Morgan fingerprint density at radius 3 is 2.64 bits per heavy atom. The first kappa shape index (κ1) is 17.8. The first-order chi connectivity index (χ1) is 12.0. The summed E-state index contributed by atoms with van der Waals surface area (Å²) in [5.74, 6) is -0.789. The number of fused-ring (bicyclic) bond motifs is 2. The average molecular weight is 349 g/mol. The van der Waals surface area contributed by atoms with Crippen LogP contribution < -0.4 is 0 Å². The predicted molar refractivity (Wildman–Crippen MR) is 87.2 cm³/mol. The Morgan fingerprint density at radius 2 is 1.96 bits per heavy atom. The van der Waals surface area contributed by atoms with Gasteiger partial charge in [-0.2, -0.15) is 5.06 Å². The predicted octanol–water partition coefficient (Wildman–Crippen LogP) is 1.45. The summed E-state index contributed by atoms with van der Waals surface area (Å²) in [6.45, 7) is 3.71. The lowest BCUT2D eigenvalue weighted by Crippen LogP contribution is -2.50. The van der Waals surface area contributed by atoms with Gasteiger partial charge in [0.15, 0.2) is 0 Å². The van der Waals surface area contributed by atoms with Gasteiger partial charge in [0.25, 0.3) is 0 Å². The molecule has 2 aliphatic heterocycles. The Morgan fingerprint density at radius 1 is 1.20 bits per heavy atom. The van der Waals surface area contributed by atoms with E-state index in [1.54, 1.807) is 0 Å². The van der Waals surface area contributed by atoms with Gasteiger partial charge in [-0.15, -0.1) is 0 Å². The Kier molecular flexibility index (Phi) is 5.67. The lowest BCUT2D eigenvalue weighted by molar-refractivity contribution is -0.235. The quantitative estimate of drug-likeness (QED) is 0.745. The zero-order valence-corrected chi connectivity index (χ0v) is 14.4. The van der Waals surface area contributed by atoms with Crippen molar-refractivity contribution in [1.29, 1.82) is 0 Å². The minimum atomic E-state index is -0.562. The molecule has 0 unspecified atom stereocenters. The summed E-state index contributed by atoms with van der Waals surface area (Å²) >= 11 is 0. The Hall–Kier alpha value is -1.96. The molecule has 0 N–H and O–H groups in total. The highest BCUT2D eigenvalue weighted by Gasteiger charge is 2.47. The summed E-state index contributed by atoms with van der Waals surface area (Å²) in [6.07, 6.45) is -0.478. The molecule has 2 aliphatic rings. The summed E-state index contributed by atoms with van der Waals surface area (Å²) < 4.78 is 16.4. The third-order valence-electron chi connectivity index (χ3n) is 4.33. The number of carbonyl (C=O) groups is 2. The molecule has 1 aromatic carbocycles.